The summed E-state index contributed by atoms with van der Waals surface area (Å²) in [7, 11) is -3.75. The van der Waals surface area contributed by atoms with Crippen molar-refractivity contribution in [1.29, 1.82) is 0 Å². The van der Waals surface area contributed by atoms with E-state index in [2.05, 4.69) is 62.6 Å². The summed E-state index contributed by atoms with van der Waals surface area (Å²) in [6.07, 6.45) is 1.05. The lowest BCUT2D eigenvalue weighted by Gasteiger charge is -2.23. The number of hydrogen-bond acceptors (Lipinski definition) is 3. The predicted molar refractivity (Wildman–Crippen MR) is 120 cm³/mol. The number of benzene rings is 2. The molecule has 1 amide bonds. The maximum absolute atomic E-state index is 12.7. The third-order valence-corrected chi connectivity index (χ3v) is 6.02. The van der Waals surface area contributed by atoms with E-state index in [1.807, 2.05) is 6.92 Å². The largest absolute Gasteiger partial charge is 0.330 e. The van der Waals surface area contributed by atoms with Crippen molar-refractivity contribution in [2.45, 2.75) is 58.0 Å². The Morgan fingerprint density at radius 2 is 1.53 bits per heavy atom. The summed E-state index contributed by atoms with van der Waals surface area (Å²) in [6, 6.07) is 14.4. The van der Waals surface area contributed by atoms with Gasteiger partial charge in [0, 0.05) is 17.2 Å². The Hall–Kier alpha value is -2.22. The van der Waals surface area contributed by atoms with E-state index in [-0.39, 0.29) is 22.9 Å². The Bertz CT molecular complexity index is 937. The van der Waals surface area contributed by atoms with Gasteiger partial charge in [0.25, 0.3) is 5.91 Å². The molecular formula is C23H34N3O3S+. The lowest BCUT2D eigenvalue weighted by Crippen LogP contribution is -2.93. The molecule has 5 N–H and O–H groups in total. The van der Waals surface area contributed by atoms with Gasteiger partial charge in [-0.25, -0.2) is 13.6 Å². The van der Waals surface area contributed by atoms with Crippen LogP contribution in [0.5, 0.6) is 0 Å². The number of anilines is 1. The Balaban J connectivity index is 2.05. The molecule has 0 saturated carbocycles. The minimum atomic E-state index is -3.75. The number of carbonyl (C=O) groups is 1. The molecule has 2 aromatic rings. The normalized spacial score (nSPS) is 14.0. The van der Waals surface area contributed by atoms with Crippen LogP contribution >= 0.6 is 0 Å². The van der Waals surface area contributed by atoms with Crippen LogP contribution in [0.15, 0.2) is 53.4 Å². The molecule has 0 spiro atoms. The van der Waals surface area contributed by atoms with E-state index in [9.17, 15) is 13.2 Å². The molecule has 2 atom stereocenters. The molecule has 0 aliphatic rings. The van der Waals surface area contributed by atoms with Crippen LogP contribution < -0.4 is 15.8 Å². The molecule has 0 aliphatic heterocycles. The number of carbonyl (C=O) groups excluding carboxylic acids is 1. The van der Waals surface area contributed by atoms with Crippen molar-refractivity contribution in [2.24, 2.45) is 17.0 Å². The topological polar surface area (TPSA) is 106 Å². The Labute approximate surface area is 180 Å². The van der Waals surface area contributed by atoms with E-state index in [1.165, 1.54) is 35.4 Å². The maximum atomic E-state index is 12.7. The summed E-state index contributed by atoms with van der Waals surface area (Å²) < 4.78 is 22.7. The van der Waals surface area contributed by atoms with Crippen LogP contribution in [0.2, 0.25) is 0 Å². The number of sulfonamides is 1. The van der Waals surface area contributed by atoms with Crippen LogP contribution in [0.4, 0.5) is 5.69 Å². The zero-order valence-electron chi connectivity index (χ0n) is 18.4. The molecule has 0 bridgehead atoms. The van der Waals surface area contributed by atoms with E-state index >= 15 is 0 Å². The number of hydrogen-bond donors (Lipinski definition) is 3. The van der Waals surface area contributed by atoms with Crippen LogP contribution in [0.1, 0.15) is 51.8 Å². The third-order valence-electron chi connectivity index (χ3n) is 5.09. The summed E-state index contributed by atoms with van der Waals surface area (Å²) in [5.74, 6) is 0.830. The lowest BCUT2D eigenvalue weighted by molar-refractivity contribution is -0.718. The van der Waals surface area contributed by atoms with E-state index < -0.39 is 10.0 Å². The highest BCUT2D eigenvalue weighted by Crippen LogP contribution is 2.20. The summed E-state index contributed by atoms with van der Waals surface area (Å²) >= 11 is 0. The lowest BCUT2D eigenvalue weighted by atomic mass is 9.93. The molecule has 30 heavy (non-hydrogen) atoms. The van der Waals surface area contributed by atoms with Crippen LogP contribution in [0.25, 0.3) is 0 Å². The maximum Gasteiger partial charge on any atom is 0.282 e. The molecule has 7 heteroatoms. The van der Waals surface area contributed by atoms with Crippen molar-refractivity contribution in [3.05, 3.63) is 59.7 Å². The molecule has 0 unspecified atom stereocenters. The van der Waals surface area contributed by atoms with Crippen molar-refractivity contribution in [1.82, 2.24) is 0 Å². The molecule has 2 rings (SSSR count). The summed E-state index contributed by atoms with van der Waals surface area (Å²) in [4.78, 5) is 12.7. The van der Waals surface area contributed by atoms with Crippen molar-refractivity contribution >= 4 is 21.6 Å². The van der Waals surface area contributed by atoms with E-state index in [4.69, 9.17) is 5.14 Å². The van der Waals surface area contributed by atoms with Gasteiger partial charge in [-0.2, -0.15) is 0 Å². The van der Waals surface area contributed by atoms with Crippen LogP contribution in [0, 0.1) is 11.8 Å². The first-order valence-electron chi connectivity index (χ1n) is 10.3. The van der Waals surface area contributed by atoms with Gasteiger partial charge >= 0.3 is 0 Å². The zero-order chi connectivity index (χ0) is 22.5. The fourth-order valence-corrected chi connectivity index (χ4v) is 3.96. The van der Waals surface area contributed by atoms with Crippen LogP contribution in [-0.2, 0) is 21.2 Å². The minimum Gasteiger partial charge on any atom is -0.330 e. The zero-order valence-corrected chi connectivity index (χ0v) is 19.2. The Kier molecular flexibility index (Phi) is 8.18. The Morgan fingerprint density at radius 3 is 2.00 bits per heavy atom. The molecule has 0 fully saturated rings. The summed E-state index contributed by atoms with van der Waals surface area (Å²) in [6.45, 7) is 10.6. The summed E-state index contributed by atoms with van der Waals surface area (Å²) in [5.41, 5.74) is 3.06. The highest BCUT2D eigenvalue weighted by atomic mass is 32.2. The summed E-state index contributed by atoms with van der Waals surface area (Å²) in [5, 5.41) is 10.0. The second kappa shape index (κ2) is 10.2. The second-order valence-electron chi connectivity index (χ2n) is 8.65. The average molecular weight is 433 g/mol. The van der Waals surface area contributed by atoms with E-state index in [0.717, 1.165) is 6.42 Å². The number of nitrogens with two attached hydrogens (primary N) is 2. The highest BCUT2D eigenvalue weighted by molar-refractivity contribution is 7.89. The van der Waals surface area contributed by atoms with Gasteiger partial charge in [0.15, 0.2) is 6.04 Å². The molecule has 2 aromatic carbocycles. The van der Waals surface area contributed by atoms with Crippen molar-refractivity contribution < 1.29 is 18.5 Å². The number of primary sulfonamides is 1. The molecule has 0 aliphatic carbocycles. The van der Waals surface area contributed by atoms with Crippen molar-refractivity contribution in [2.75, 3.05) is 5.32 Å². The van der Waals surface area contributed by atoms with Gasteiger partial charge in [-0.1, -0.05) is 52.0 Å². The molecule has 0 saturated heterocycles. The van der Waals surface area contributed by atoms with Crippen molar-refractivity contribution in [3.63, 3.8) is 0 Å². The quantitative estimate of drug-likeness (QED) is 0.567. The fourth-order valence-electron chi connectivity index (χ4n) is 3.45. The minimum absolute atomic E-state index is 0.0147. The van der Waals surface area contributed by atoms with Gasteiger partial charge in [-0.05, 0) is 49.1 Å². The smallest absolute Gasteiger partial charge is 0.282 e. The molecular weight excluding hydrogens is 398 g/mol. The van der Waals surface area contributed by atoms with E-state index in [1.54, 1.807) is 0 Å². The van der Waals surface area contributed by atoms with Crippen LogP contribution in [0.3, 0.4) is 0 Å². The first-order valence-corrected chi connectivity index (χ1v) is 11.9. The monoisotopic (exact) mass is 432 g/mol. The number of rotatable bonds is 9. The number of nitrogens with one attached hydrogen (secondary N) is 1. The van der Waals surface area contributed by atoms with Gasteiger partial charge in [0.2, 0.25) is 10.0 Å². The van der Waals surface area contributed by atoms with Gasteiger partial charge in [-0.3, -0.25) is 4.79 Å². The van der Waals surface area contributed by atoms with Gasteiger partial charge in [0.05, 0.1) is 4.90 Å². The first-order chi connectivity index (χ1) is 14.0. The standard InChI is InChI=1S/C23H33N3O3S/c1-15(2)14-18-6-8-19(9-7-18)22(16(3)4)25-17(5)23(27)26-20-10-12-21(13-11-20)30(24,28)29/h6-13,15-17,22,25H,14H2,1-5H3,(H,26,27)(H2,24,28,29)/p+1/t17-,22+/m0/s1. The second-order valence-corrected chi connectivity index (χ2v) is 10.2. The van der Waals surface area contributed by atoms with Crippen molar-refractivity contribution in [3.8, 4) is 0 Å². The average Bonchev–Trinajstić information content (AvgIpc) is 2.65. The van der Waals surface area contributed by atoms with Gasteiger partial charge < -0.3 is 10.6 Å². The number of amides is 1. The van der Waals surface area contributed by atoms with Crippen LogP contribution in [-0.4, -0.2) is 20.4 Å². The molecule has 6 nitrogen and oxygen atoms in total. The highest BCUT2D eigenvalue weighted by Gasteiger charge is 2.26. The SMILES string of the molecule is CC(C)Cc1ccc([C@H]([NH2+][C@@H](C)C(=O)Nc2ccc(S(N)(=O)=O)cc2)C(C)C)cc1. The number of quaternary nitrogens is 1. The molecule has 164 valence electrons. The Morgan fingerprint density at radius 1 is 0.967 bits per heavy atom. The fraction of sp³-hybridized carbons (Fsp3) is 0.435. The van der Waals surface area contributed by atoms with Gasteiger partial charge in [0.1, 0.15) is 6.04 Å². The first kappa shape index (κ1) is 24.1. The predicted octanol–water partition coefficient (Wildman–Crippen LogP) is 2.82. The molecule has 0 heterocycles. The van der Waals surface area contributed by atoms with Gasteiger partial charge in [-0.15, -0.1) is 0 Å². The molecule has 0 radical (unpaired) electrons. The molecule has 0 aromatic heterocycles. The third kappa shape index (κ3) is 6.93. The van der Waals surface area contributed by atoms with E-state index in [0.29, 0.717) is 17.5 Å².